The first-order valence-corrected chi connectivity index (χ1v) is 7.28. The number of hydrogen-bond donors (Lipinski definition) is 2. The van der Waals surface area contributed by atoms with Gasteiger partial charge in [0, 0.05) is 23.3 Å². The predicted molar refractivity (Wildman–Crippen MR) is 69.4 cm³/mol. The van der Waals surface area contributed by atoms with Crippen LogP contribution in [0.2, 0.25) is 0 Å². The van der Waals surface area contributed by atoms with Gasteiger partial charge in [-0.05, 0) is 6.92 Å². The van der Waals surface area contributed by atoms with Gasteiger partial charge in [-0.1, -0.05) is 0 Å². The number of amides is 2. The van der Waals surface area contributed by atoms with E-state index in [9.17, 15) is 9.59 Å². The third-order valence-electron chi connectivity index (χ3n) is 2.26. The first-order chi connectivity index (χ1) is 8.15. The average molecular weight is 271 g/mol. The average Bonchev–Trinajstić information content (AvgIpc) is 2.56. The molecule has 17 heavy (non-hydrogen) atoms. The molecule has 1 aliphatic heterocycles. The number of hydrogen-bond acceptors (Lipinski definition) is 5. The van der Waals surface area contributed by atoms with Crippen LogP contribution >= 0.6 is 23.1 Å². The van der Waals surface area contributed by atoms with Crippen molar-refractivity contribution < 1.29 is 9.59 Å². The minimum Gasteiger partial charge on any atom is -0.343 e. The molecule has 1 saturated heterocycles. The van der Waals surface area contributed by atoms with Crippen molar-refractivity contribution in [2.45, 2.75) is 19.4 Å². The molecule has 92 valence electrons. The molecule has 0 spiro atoms. The standard InChI is InChI=1S/C10H13N3O2S2/c1-6-4-17-10(11-6)13-9(15)7-5-16-3-2-8(14)12-7/h4,7H,2-3,5H2,1H3,(H,12,14)(H,11,13,15). The van der Waals surface area contributed by atoms with E-state index in [0.29, 0.717) is 17.3 Å². The van der Waals surface area contributed by atoms with Crippen molar-refractivity contribution >= 4 is 40.0 Å². The normalized spacial score (nSPS) is 20.5. The number of rotatable bonds is 2. The van der Waals surface area contributed by atoms with Crippen LogP contribution < -0.4 is 10.6 Å². The van der Waals surface area contributed by atoms with Crippen molar-refractivity contribution in [1.82, 2.24) is 10.3 Å². The van der Waals surface area contributed by atoms with Gasteiger partial charge in [0.05, 0.1) is 5.69 Å². The molecule has 0 bridgehead atoms. The summed E-state index contributed by atoms with van der Waals surface area (Å²) >= 11 is 3.00. The molecule has 5 nitrogen and oxygen atoms in total. The molecule has 2 amide bonds. The first kappa shape index (κ1) is 12.4. The number of nitrogens with one attached hydrogen (secondary N) is 2. The Bertz CT molecular complexity index is 433. The van der Waals surface area contributed by atoms with E-state index in [1.165, 1.54) is 11.3 Å². The topological polar surface area (TPSA) is 71.1 Å². The van der Waals surface area contributed by atoms with Gasteiger partial charge in [-0.3, -0.25) is 9.59 Å². The Morgan fingerprint density at radius 3 is 3.18 bits per heavy atom. The summed E-state index contributed by atoms with van der Waals surface area (Å²) in [6.45, 7) is 1.87. The van der Waals surface area contributed by atoms with Crippen LogP contribution in [0.4, 0.5) is 5.13 Å². The first-order valence-electron chi connectivity index (χ1n) is 5.25. The van der Waals surface area contributed by atoms with Gasteiger partial charge in [0.25, 0.3) is 0 Å². The van der Waals surface area contributed by atoms with Crippen LogP contribution in [0, 0.1) is 6.92 Å². The maximum absolute atomic E-state index is 11.9. The summed E-state index contributed by atoms with van der Waals surface area (Å²) in [6, 6.07) is -0.459. The number of nitrogens with zero attached hydrogens (tertiary/aromatic N) is 1. The molecular weight excluding hydrogens is 258 g/mol. The van der Waals surface area contributed by atoms with Gasteiger partial charge in [-0.15, -0.1) is 11.3 Å². The van der Waals surface area contributed by atoms with Crippen molar-refractivity contribution in [2.24, 2.45) is 0 Å². The number of anilines is 1. The molecule has 0 saturated carbocycles. The van der Waals surface area contributed by atoms with E-state index in [2.05, 4.69) is 15.6 Å². The maximum Gasteiger partial charge on any atom is 0.249 e. The second-order valence-corrected chi connectivity index (χ2v) is 5.74. The quantitative estimate of drug-likeness (QED) is 0.842. The number of carbonyl (C=O) groups excluding carboxylic acids is 2. The summed E-state index contributed by atoms with van der Waals surface area (Å²) in [5, 5.41) is 7.88. The molecule has 1 fully saturated rings. The second-order valence-electron chi connectivity index (χ2n) is 3.73. The zero-order valence-electron chi connectivity index (χ0n) is 9.36. The number of aromatic nitrogens is 1. The Labute approximate surface area is 107 Å². The molecule has 2 rings (SSSR count). The summed E-state index contributed by atoms with van der Waals surface area (Å²) in [5.74, 6) is 1.13. The van der Waals surface area contributed by atoms with Crippen LogP contribution in [0.25, 0.3) is 0 Å². The lowest BCUT2D eigenvalue weighted by atomic mass is 10.3. The number of aryl methyl sites for hydroxylation is 1. The summed E-state index contributed by atoms with van der Waals surface area (Å²) in [5.41, 5.74) is 0.879. The molecule has 7 heteroatoms. The molecule has 1 aliphatic rings. The minimum atomic E-state index is -0.459. The van der Waals surface area contributed by atoms with Crippen molar-refractivity contribution in [3.8, 4) is 0 Å². The Morgan fingerprint density at radius 2 is 2.47 bits per heavy atom. The SMILES string of the molecule is Cc1csc(NC(=O)C2CSCCC(=O)N2)n1. The molecule has 1 unspecified atom stereocenters. The van der Waals surface area contributed by atoms with Gasteiger partial charge in [0.1, 0.15) is 6.04 Å². The van der Waals surface area contributed by atoms with E-state index < -0.39 is 6.04 Å². The van der Waals surface area contributed by atoms with Crippen LogP contribution in [0.3, 0.4) is 0 Å². The molecule has 0 radical (unpaired) electrons. The van der Waals surface area contributed by atoms with Gasteiger partial charge < -0.3 is 10.6 Å². The van der Waals surface area contributed by atoms with Gasteiger partial charge in [-0.2, -0.15) is 11.8 Å². The van der Waals surface area contributed by atoms with Gasteiger partial charge >= 0.3 is 0 Å². The van der Waals surface area contributed by atoms with Crippen LogP contribution in [-0.2, 0) is 9.59 Å². The molecule has 1 aromatic rings. The largest absolute Gasteiger partial charge is 0.343 e. The second kappa shape index (κ2) is 5.50. The lowest BCUT2D eigenvalue weighted by Gasteiger charge is -2.13. The van der Waals surface area contributed by atoms with Crippen LogP contribution in [0.5, 0.6) is 0 Å². The smallest absolute Gasteiger partial charge is 0.249 e. The van der Waals surface area contributed by atoms with Crippen LogP contribution in [-0.4, -0.2) is 34.3 Å². The maximum atomic E-state index is 11.9. The number of thiazole rings is 1. The zero-order valence-corrected chi connectivity index (χ0v) is 11.0. The molecule has 0 aliphatic carbocycles. The summed E-state index contributed by atoms with van der Waals surface area (Å²) in [7, 11) is 0. The zero-order chi connectivity index (χ0) is 12.3. The summed E-state index contributed by atoms with van der Waals surface area (Å²) in [6.07, 6.45) is 0.477. The highest BCUT2D eigenvalue weighted by Gasteiger charge is 2.23. The fourth-order valence-electron chi connectivity index (χ4n) is 1.42. The Hall–Kier alpha value is -1.08. The number of carbonyl (C=O) groups is 2. The van der Waals surface area contributed by atoms with E-state index in [0.717, 1.165) is 11.4 Å². The van der Waals surface area contributed by atoms with Crippen molar-refractivity contribution in [1.29, 1.82) is 0 Å². The molecule has 1 atom stereocenters. The fourth-order valence-corrected chi connectivity index (χ4v) is 3.08. The third-order valence-corrected chi connectivity index (χ3v) is 4.20. The fraction of sp³-hybridized carbons (Fsp3) is 0.500. The highest BCUT2D eigenvalue weighted by Crippen LogP contribution is 2.16. The van der Waals surface area contributed by atoms with Gasteiger partial charge in [0.15, 0.2) is 5.13 Å². The Kier molecular flexibility index (Phi) is 4.01. The van der Waals surface area contributed by atoms with E-state index >= 15 is 0 Å². The highest BCUT2D eigenvalue weighted by molar-refractivity contribution is 7.99. The molecular formula is C10H13N3O2S2. The summed E-state index contributed by atoms with van der Waals surface area (Å²) in [4.78, 5) is 27.4. The predicted octanol–water partition coefficient (Wildman–Crippen LogP) is 1.01. The Morgan fingerprint density at radius 1 is 1.65 bits per heavy atom. The van der Waals surface area contributed by atoms with Crippen molar-refractivity contribution in [3.05, 3.63) is 11.1 Å². The highest BCUT2D eigenvalue weighted by atomic mass is 32.2. The summed E-state index contributed by atoms with van der Waals surface area (Å²) < 4.78 is 0. The van der Waals surface area contributed by atoms with Gasteiger partial charge in [0.2, 0.25) is 11.8 Å². The third kappa shape index (κ3) is 3.44. The molecule has 2 N–H and O–H groups in total. The van der Waals surface area contributed by atoms with E-state index in [1.54, 1.807) is 11.8 Å². The number of thioether (sulfide) groups is 1. The van der Waals surface area contributed by atoms with E-state index in [-0.39, 0.29) is 11.8 Å². The van der Waals surface area contributed by atoms with Gasteiger partial charge in [-0.25, -0.2) is 4.98 Å². The Balaban J connectivity index is 1.96. The lowest BCUT2D eigenvalue weighted by Crippen LogP contribution is -2.44. The van der Waals surface area contributed by atoms with E-state index in [1.807, 2.05) is 12.3 Å². The molecule has 0 aromatic carbocycles. The van der Waals surface area contributed by atoms with Crippen molar-refractivity contribution in [2.75, 3.05) is 16.8 Å². The molecule has 1 aromatic heterocycles. The van der Waals surface area contributed by atoms with Crippen LogP contribution in [0.15, 0.2) is 5.38 Å². The monoisotopic (exact) mass is 271 g/mol. The van der Waals surface area contributed by atoms with Crippen molar-refractivity contribution in [3.63, 3.8) is 0 Å². The minimum absolute atomic E-state index is 0.0644. The molecule has 2 heterocycles. The van der Waals surface area contributed by atoms with E-state index in [4.69, 9.17) is 0 Å². The van der Waals surface area contributed by atoms with Crippen LogP contribution in [0.1, 0.15) is 12.1 Å². The lowest BCUT2D eigenvalue weighted by molar-refractivity contribution is -0.125.